The fourth-order valence-electron chi connectivity index (χ4n) is 0.793. The second-order valence-electron chi connectivity index (χ2n) is 3.07. The molecule has 0 aromatic carbocycles. The first-order valence-corrected chi connectivity index (χ1v) is 5.74. The van der Waals surface area contributed by atoms with Gasteiger partial charge in [0.15, 0.2) is 0 Å². The molecule has 0 aliphatic heterocycles. The van der Waals surface area contributed by atoms with E-state index in [9.17, 15) is 4.21 Å². The molecule has 74 valence electrons. The standard InChI is InChI=1S/C8H19NO2S/c1-7(6-11-3)9-5-8(2)12(4)10/h7-9H,5-6H2,1-4H3. The summed E-state index contributed by atoms with van der Waals surface area (Å²) in [6, 6.07) is 0.334. The lowest BCUT2D eigenvalue weighted by Gasteiger charge is -2.15. The molecular formula is C8H19NO2S. The third kappa shape index (κ3) is 5.69. The second-order valence-corrected chi connectivity index (χ2v) is 4.88. The topological polar surface area (TPSA) is 38.3 Å². The van der Waals surface area contributed by atoms with Gasteiger partial charge in [-0.1, -0.05) is 0 Å². The van der Waals surface area contributed by atoms with Crippen LogP contribution in [0, 0.1) is 0 Å². The van der Waals surface area contributed by atoms with E-state index in [1.807, 2.05) is 6.92 Å². The summed E-state index contributed by atoms with van der Waals surface area (Å²) in [4.78, 5) is 0. The van der Waals surface area contributed by atoms with Gasteiger partial charge < -0.3 is 10.1 Å². The van der Waals surface area contributed by atoms with Gasteiger partial charge in [0.2, 0.25) is 0 Å². The molecule has 3 nitrogen and oxygen atoms in total. The third-order valence-corrected chi connectivity index (χ3v) is 3.04. The van der Waals surface area contributed by atoms with Crippen molar-refractivity contribution in [2.24, 2.45) is 0 Å². The van der Waals surface area contributed by atoms with Gasteiger partial charge in [-0.25, -0.2) is 0 Å². The molecule has 0 spiro atoms. The van der Waals surface area contributed by atoms with E-state index < -0.39 is 10.8 Å². The van der Waals surface area contributed by atoms with Gasteiger partial charge in [-0.15, -0.1) is 0 Å². The first-order valence-electron chi connectivity index (χ1n) is 4.12. The maximum Gasteiger partial charge on any atom is 0.0613 e. The van der Waals surface area contributed by atoms with Crippen LogP contribution in [-0.2, 0) is 15.5 Å². The zero-order valence-electron chi connectivity index (χ0n) is 8.29. The highest BCUT2D eigenvalue weighted by Crippen LogP contribution is 1.91. The van der Waals surface area contributed by atoms with Gasteiger partial charge in [-0.2, -0.15) is 0 Å². The summed E-state index contributed by atoms with van der Waals surface area (Å²) in [6.07, 6.45) is 1.73. The molecule has 0 heterocycles. The Labute approximate surface area is 77.3 Å². The summed E-state index contributed by atoms with van der Waals surface area (Å²) in [6.45, 7) is 5.51. The van der Waals surface area contributed by atoms with Crippen molar-refractivity contribution in [3.8, 4) is 0 Å². The Kier molecular flexibility index (Phi) is 6.61. The molecule has 0 aliphatic carbocycles. The van der Waals surface area contributed by atoms with E-state index in [0.717, 1.165) is 6.54 Å². The molecule has 0 aromatic rings. The van der Waals surface area contributed by atoms with Gasteiger partial charge in [-0.05, 0) is 13.8 Å². The lowest BCUT2D eigenvalue weighted by molar-refractivity contribution is 0.172. The van der Waals surface area contributed by atoms with Gasteiger partial charge in [-0.3, -0.25) is 4.21 Å². The highest BCUT2D eigenvalue weighted by Gasteiger charge is 2.07. The van der Waals surface area contributed by atoms with Crippen molar-refractivity contribution >= 4 is 10.8 Å². The van der Waals surface area contributed by atoms with E-state index in [0.29, 0.717) is 12.6 Å². The van der Waals surface area contributed by atoms with Crippen LogP contribution in [0.5, 0.6) is 0 Å². The zero-order valence-corrected chi connectivity index (χ0v) is 9.11. The predicted octanol–water partition coefficient (Wildman–Crippen LogP) is 0.378. The fraction of sp³-hybridized carbons (Fsp3) is 1.00. The van der Waals surface area contributed by atoms with Crippen molar-refractivity contribution in [2.75, 3.05) is 26.5 Å². The monoisotopic (exact) mass is 193 g/mol. The SMILES string of the molecule is COCC(C)NCC(C)S(C)=O. The number of rotatable bonds is 6. The lowest BCUT2D eigenvalue weighted by Crippen LogP contribution is -2.36. The largest absolute Gasteiger partial charge is 0.383 e. The van der Waals surface area contributed by atoms with E-state index in [1.165, 1.54) is 0 Å². The van der Waals surface area contributed by atoms with Crippen LogP contribution in [0.4, 0.5) is 0 Å². The average Bonchev–Trinajstić information content (AvgIpc) is 2.00. The Morgan fingerprint density at radius 1 is 1.50 bits per heavy atom. The van der Waals surface area contributed by atoms with Crippen molar-refractivity contribution in [3.63, 3.8) is 0 Å². The zero-order chi connectivity index (χ0) is 9.56. The fourth-order valence-corrected chi connectivity index (χ4v) is 1.12. The van der Waals surface area contributed by atoms with Crippen molar-refractivity contribution < 1.29 is 8.95 Å². The molecule has 4 heteroatoms. The Hall–Kier alpha value is 0.0700. The number of methoxy groups -OCH3 is 1. The van der Waals surface area contributed by atoms with Gasteiger partial charge in [0.05, 0.1) is 6.61 Å². The Morgan fingerprint density at radius 3 is 2.50 bits per heavy atom. The van der Waals surface area contributed by atoms with E-state index in [1.54, 1.807) is 13.4 Å². The molecule has 0 amide bonds. The molecule has 0 rings (SSSR count). The molecule has 0 radical (unpaired) electrons. The highest BCUT2D eigenvalue weighted by molar-refractivity contribution is 7.84. The summed E-state index contributed by atoms with van der Waals surface area (Å²) in [5.41, 5.74) is 0. The highest BCUT2D eigenvalue weighted by atomic mass is 32.2. The summed E-state index contributed by atoms with van der Waals surface area (Å²) in [7, 11) is 0.946. The summed E-state index contributed by atoms with van der Waals surface area (Å²) in [5, 5.41) is 3.46. The Bertz CT molecular complexity index is 141. The van der Waals surface area contributed by atoms with E-state index in [4.69, 9.17) is 4.74 Å². The normalized spacial score (nSPS) is 18.7. The number of hydrogen-bond acceptors (Lipinski definition) is 3. The minimum absolute atomic E-state index is 0.212. The molecule has 0 saturated heterocycles. The van der Waals surface area contributed by atoms with Crippen LogP contribution >= 0.6 is 0 Å². The number of nitrogens with one attached hydrogen (secondary N) is 1. The van der Waals surface area contributed by atoms with Crippen LogP contribution in [0.3, 0.4) is 0 Å². The molecule has 0 bridgehead atoms. The van der Waals surface area contributed by atoms with Crippen LogP contribution in [-0.4, -0.2) is 42.0 Å². The molecule has 12 heavy (non-hydrogen) atoms. The molecule has 3 atom stereocenters. The summed E-state index contributed by atoms with van der Waals surface area (Å²) in [5.74, 6) is 0. The predicted molar refractivity (Wildman–Crippen MR) is 52.9 cm³/mol. The first-order chi connectivity index (χ1) is 5.57. The van der Waals surface area contributed by atoms with Crippen LogP contribution in [0.2, 0.25) is 0 Å². The molecule has 0 aromatic heterocycles. The first kappa shape index (κ1) is 12.1. The maximum atomic E-state index is 11.0. The molecule has 0 saturated carbocycles. The van der Waals surface area contributed by atoms with Crippen molar-refractivity contribution in [2.45, 2.75) is 25.1 Å². The summed E-state index contributed by atoms with van der Waals surface area (Å²) < 4.78 is 15.9. The minimum Gasteiger partial charge on any atom is -0.383 e. The van der Waals surface area contributed by atoms with Crippen molar-refractivity contribution in [1.82, 2.24) is 5.32 Å². The van der Waals surface area contributed by atoms with Crippen molar-refractivity contribution in [3.05, 3.63) is 0 Å². The third-order valence-electron chi connectivity index (χ3n) is 1.74. The van der Waals surface area contributed by atoms with Crippen LogP contribution in [0.1, 0.15) is 13.8 Å². The van der Waals surface area contributed by atoms with E-state index >= 15 is 0 Å². The van der Waals surface area contributed by atoms with Crippen LogP contribution in [0.25, 0.3) is 0 Å². The summed E-state index contributed by atoms with van der Waals surface area (Å²) >= 11 is 0. The molecule has 3 unspecified atom stereocenters. The van der Waals surface area contributed by atoms with E-state index in [-0.39, 0.29) is 5.25 Å². The average molecular weight is 193 g/mol. The Balaban J connectivity index is 3.46. The number of hydrogen-bond donors (Lipinski definition) is 1. The smallest absolute Gasteiger partial charge is 0.0613 e. The minimum atomic E-state index is -0.734. The lowest BCUT2D eigenvalue weighted by atomic mass is 10.3. The molecule has 1 N–H and O–H groups in total. The Morgan fingerprint density at radius 2 is 2.08 bits per heavy atom. The van der Waals surface area contributed by atoms with Gasteiger partial charge in [0, 0.05) is 42.0 Å². The van der Waals surface area contributed by atoms with Gasteiger partial charge >= 0.3 is 0 Å². The van der Waals surface area contributed by atoms with Gasteiger partial charge in [0.1, 0.15) is 0 Å². The van der Waals surface area contributed by atoms with Crippen LogP contribution in [0.15, 0.2) is 0 Å². The molecular weight excluding hydrogens is 174 g/mol. The number of ether oxygens (including phenoxy) is 1. The maximum absolute atomic E-state index is 11.0. The van der Waals surface area contributed by atoms with Crippen molar-refractivity contribution in [1.29, 1.82) is 0 Å². The van der Waals surface area contributed by atoms with E-state index in [2.05, 4.69) is 12.2 Å². The molecule has 0 fully saturated rings. The second kappa shape index (κ2) is 6.57. The van der Waals surface area contributed by atoms with Gasteiger partial charge in [0.25, 0.3) is 0 Å². The molecule has 0 aliphatic rings. The van der Waals surface area contributed by atoms with Crippen LogP contribution < -0.4 is 5.32 Å². The quantitative estimate of drug-likeness (QED) is 0.662.